The number of anilines is 3. The summed E-state index contributed by atoms with van der Waals surface area (Å²) in [6.07, 6.45) is -4.43. The van der Waals surface area contributed by atoms with Gasteiger partial charge in [0, 0.05) is 40.3 Å². The van der Waals surface area contributed by atoms with Crippen molar-refractivity contribution in [3.8, 4) is 34.0 Å². The van der Waals surface area contributed by atoms with E-state index in [4.69, 9.17) is 18.8 Å². The summed E-state index contributed by atoms with van der Waals surface area (Å²) in [6.45, 7) is 0. The molecule has 0 saturated carbocycles. The lowest BCUT2D eigenvalue weighted by atomic mass is 9.95. The molecule has 8 heteroatoms. The SMILES string of the molecule is [2H]c1cc(N(c2ccc3nc(-c4ccccc4)oc3c2)c2ccc3nc(-c4ccccc4)oc3c2)cc2ccc(-c3cccc4cc(C(F)(F)F)ccc34)cc12. The molecule has 0 spiro atoms. The standard InChI is InChI=1S/C47H28F3N3O2/c48-47(49,50)35-17-21-40-33(25-35)12-7-13-39(40)34-15-14-32-26-36(18-16-31(32)24-34)53(37-19-22-41-43(27-37)54-45(51-41)29-8-3-1-4-9-29)38-20-23-42-44(28-38)55-46(52-42)30-10-5-2-6-11-30/h1-28H/i16D. The zero-order valence-corrected chi connectivity index (χ0v) is 28.9. The van der Waals surface area contributed by atoms with Crippen LogP contribution in [0.4, 0.5) is 30.2 Å². The number of alkyl halides is 3. The molecule has 0 aliphatic heterocycles. The molecule has 2 aromatic heterocycles. The molecule has 0 amide bonds. The molecule has 5 nitrogen and oxygen atoms in total. The van der Waals surface area contributed by atoms with Gasteiger partial charge in [0.15, 0.2) is 11.2 Å². The quantitative estimate of drug-likeness (QED) is 0.171. The highest BCUT2D eigenvalue weighted by Gasteiger charge is 2.30. The molecule has 0 bridgehead atoms. The third-order valence-corrected chi connectivity index (χ3v) is 9.81. The Kier molecular flexibility index (Phi) is 7.26. The van der Waals surface area contributed by atoms with Gasteiger partial charge >= 0.3 is 6.18 Å². The van der Waals surface area contributed by atoms with Gasteiger partial charge in [-0.3, -0.25) is 0 Å². The predicted molar refractivity (Wildman–Crippen MR) is 213 cm³/mol. The van der Waals surface area contributed by atoms with Crippen LogP contribution < -0.4 is 4.90 Å². The molecule has 0 fully saturated rings. The van der Waals surface area contributed by atoms with Gasteiger partial charge in [-0.1, -0.05) is 78.8 Å². The monoisotopic (exact) mass is 724 g/mol. The molecular weight excluding hydrogens is 696 g/mol. The predicted octanol–water partition coefficient (Wildman–Crippen LogP) is 13.8. The molecule has 2 heterocycles. The average molecular weight is 725 g/mol. The lowest BCUT2D eigenvalue weighted by molar-refractivity contribution is -0.137. The molecule has 55 heavy (non-hydrogen) atoms. The van der Waals surface area contributed by atoms with Crippen LogP contribution in [-0.4, -0.2) is 9.97 Å². The van der Waals surface area contributed by atoms with E-state index in [1.54, 1.807) is 12.1 Å². The van der Waals surface area contributed by atoms with Crippen LogP contribution in [0.15, 0.2) is 179 Å². The molecule has 0 atom stereocenters. The zero-order valence-electron chi connectivity index (χ0n) is 29.9. The number of benzene rings is 8. The van der Waals surface area contributed by atoms with Crippen LogP contribution in [0, 0.1) is 0 Å². The maximum Gasteiger partial charge on any atom is 0.416 e. The number of oxazole rings is 2. The molecule has 0 N–H and O–H groups in total. The number of rotatable bonds is 6. The second-order valence-corrected chi connectivity index (χ2v) is 13.3. The summed E-state index contributed by atoms with van der Waals surface area (Å²) in [4.78, 5) is 11.5. The van der Waals surface area contributed by atoms with Crippen LogP contribution >= 0.6 is 0 Å². The van der Waals surface area contributed by atoms with E-state index in [1.165, 1.54) is 12.1 Å². The summed E-state index contributed by atoms with van der Waals surface area (Å²) >= 11 is 0. The van der Waals surface area contributed by atoms with E-state index in [9.17, 15) is 14.5 Å². The fourth-order valence-electron chi connectivity index (χ4n) is 7.13. The molecule has 264 valence electrons. The second-order valence-electron chi connectivity index (χ2n) is 13.3. The van der Waals surface area contributed by atoms with Gasteiger partial charge in [0.1, 0.15) is 11.0 Å². The van der Waals surface area contributed by atoms with E-state index >= 15 is 0 Å². The number of fused-ring (bicyclic) bond motifs is 4. The topological polar surface area (TPSA) is 55.3 Å². The Morgan fingerprint density at radius 2 is 1.11 bits per heavy atom. The third kappa shape index (κ3) is 5.94. The van der Waals surface area contributed by atoms with E-state index in [2.05, 4.69) is 0 Å². The Morgan fingerprint density at radius 3 is 1.73 bits per heavy atom. The normalized spacial score (nSPS) is 12.2. The van der Waals surface area contributed by atoms with E-state index < -0.39 is 11.7 Å². The lowest BCUT2D eigenvalue weighted by Gasteiger charge is -2.25. The molecule has 10 rings (SSSR count). The Labute approximate surface area is 313 Å². The van der Waals surface area contributed by atoms with Gasteiger partial charge in [-0.25, -0.2) is 9.97 Å². The van der Waals surface area contributed by atoms with Gasteiger partial charge in [0.05, 0.1) is 6.93 Å². The third-order valence-electron chi connectivity index (χ3n) is 9.81. The van der Waals surface area contributed by atoms with Gasteiger partial charge in [0.2, 0.25) is 11.8 Å². The molecule has 0 aliphatic rings. The number of halogens is 3. The van der Waals surface area contributed by atoms with E-state index in [1.807, 2.05) is 138 Å². The summed E-state index contributed by atoms with van der Waals surface area (Å²) < 4.78 is 62.3. The molecule has 0 radical (unpaired) electrons. The van der Waals surface area contributed by atoms with Crippen LogP contribution in [0.5, 0.6) is 0 Å². The van der Waals surface area contributed by atoms with Crippen LogP contribution in [0.1, 0.15) is 6.93 Å². The first kappa shape index (κ1) is 31.3. The maximum atomic E-state index is 13.5. The van der Waals surface area contributed by atoms with Crippen molar-refractivity contribution < 1.29 is 23.4 Å². The minimum Gasteiger partial charge on any atom is -0.436 e. The minimum atomic E-state index is -4.43. The number of nitrogens with zero attached hydrogens (tertiary/aromatic N) is 3. The largest absolute Gasteiger partial charge is 0.436 e. The molecule has 0 unspecified atom stereocenters. The van der Waals surface area contributed by atoms with Crippen LogP contribution in [-0.2, 0) is 6.18 Å². The molecule has 10 aromatic rings. The first-order valence-electron chi connectivity index (χ1n) is 18.1. The molecule has 0 aliphatic carbocycles. The Hall–Kier alpha value is -7.19. The van der Waals surface area contributed by atoms with Crippen LogP contribution in [0.25, 0.3) is 77.8 Å². The highest BCUT2D eigenvalue weighted by atomic mass is 19.4. The van der Waals surface area contributed by atoms with Crippen molar-refractivity contribution in [1.82, 2.24) is 9.97 Å². The van der Waals surface area contributed by atoms with Crippen molar-refractivity contribution in [2.45, 2.75) is 6.18 Å². The fraction of sp³-hybridized carbons (Fsp3) is 0.0213. The molecule has 0 saturated heterocycles. The van der Waals surface area contributed by atoms with Crippen molar-refractivity contribution in [3.63, 3.8) is 0 Å². The van der Waals surface area contributed by atoms with E-state index in [0.717, 1.165) is 50.8 Å². The summed E-state index contributed by atoms with van der Waals surface area (Å²) in [7, 11) is 0. The zero-order chi connectivity index (χ0) is 38.0. The van der Waals surface area contributed by atoms with Crippen molar-refractivity contribution in [2.75, 3.05) is 4.90 Å². The first-order valence-corrected chi connectivity index (χ1v) is 17.6. The van der Waals surface area contributed by atoms with Crippen molar-refractivity contribution in [2.24, 2.45) is 0 Å². The first-order chi connectivity index (χ1) is 27.2. The number of aromatic nitrogens is 2. The Morgan fingerprint density at radius 1 is 0.491 bits per heavy atom. The summed E-state index contributed by atoms with van der Waals surface area (Å²) in [5.74, 6) is 1.03. The van der Waals surface area contributed by atoms with Crippen molar-refractivity contribution >= 4 is 60.8 Å². The van der Waals surface area contributed by atoms with Gasteiger partial charge < -0.3 is 13.7 Å². The van der Waals surface area contributed by atoms with Gasteiger partial charge in [-0.05, 0) is 112 Å². The van der Waals surface area contributed by atoms with Crippen molar-refractivity contribution in [3.05, 3.63) is 175 Å². The van der Waals surface area contributed by atoms with Gasteiger partial charge in [-0.15, -0.1) is 0 Å². The smallest absolute Gasteiger partial charge is 0.416 e. The van der Waals surface area contributed by atoms with Crippen LogP contribution in [0.2, 0.25) is 0 Å². The van der Waals surface area contributed by atoms with Gasteiger partial charge in [0.25, 0.3) is 0 Å². The number of hydrogen-bond acceptors (Lipinski definition) is 5. The Bertz CT molecular complexity index is 2990. The summed E-state index contributed by atoms with van der Waals surface area (Å²) in [5, 5.41) is 2.71. The highest BCUT2D eigenvalue weighted by molar-refractivity contribution is 6.00. The van der Waals surface area contributed by atoms with Crippen LogP contribution in [0.3, 0.4) is 0 Å². The van der Waals surface area contributed by atoms with E-state index in [-0.39, 0.29) is 6.04 Å². The fourth-order valence-corrected chi connectivity index (χ4v) is 7.13. The second kappa shape index (κ2) is 12.7. The average Bonchev–Trinajstić information content (AvgIpc) is 3.85. The summed E-state index contributed by atoms with van der Waals surface area (Å²) in [6, 6.07) is 50.2. The minimum absolute atomic E-state index is 0.281. The van der Waals surface area contributed by atoms with Gasteiger partial charge in [-0.2, -0.15) is 13.2 Å². The molecular formula is C47H28F3N3O2. The molecule has 8 aromatic carbocycles. The summed E-state index contributed by atoms with van der Waals surface area (Å²) in [5.41, 5.74) is 7.55. The van der Waals surface area contributed by atoms with E-state index in [0.29, 0.717) is 50.1 Å². The van der Waals surface area contributed by atoms with Crippen molar-refractivity contribution in [1.29, 1.82) is 0 Å². The number of hydrogen-bond donors (Lipinski definition) is 0. The highest BCUT2D eigenvalue weighted by Crippen LogP contribution is 2.41. The Balaban J connectivity index is 1.10. The lowest BCUT2D eigenvalue weighted by Crippen LogP contribution is -2.09. The maximum absolute atomic E-state index is 13.5.